The summed E-state index contributed by atoms with van der Waals surface area (Å²) >= 11 is 0. The molecule has 0 aliphatic heterocycles. The summed E-state index contributed by atoms with van der Waals surface area (Å²) in [4.78, 5) is 0. The van der Waals surface area contributed by atoms with Gasteiger partial charge in [-0.2, -0.15) is 0 Å². The van der Waals surface area contributed by atoms with E-state index in [1.165, 1.54) is 0 Å². The van der Waals surface area contributed by atoms with Crippen LogP contribution in [0.1, 0.15) is 15.2 Å². The van der Waals surface area contributed by atoms with Crippen LogP contribution < -0.4 is 0 Å². The Labute approximate surface area is 46.1 Å². The summed E-state index contributed by atoms with van der Waals surface area (Å²) in [5.74, 6) is 2.57. The lowest BCUT2D eigenvalue weighted by Gasteiger charge is -2.13. The molecule has 0 aliphatic rings. The molecule has 0 saturated heterocycles. The van der Waals surface area contributed by atoms with Crippen molar-refractivity contribution in [3.63, 3.8) is 0 Å². The number of rotatable bonds is 1. The second kappa shape index (κ2) is 1.99. The summed E-state index contributed by atoms with van der Waals surface area (Å²) in [6.45, 7) is 3.63. The second-order valence-corrected chi connectivity index (χ2v) is 1.84. The zero-order chi connectivity index (χ0) is 6.62. The van der Waals surface area contributed by atoms with Crippen molar-refractivity contribution < 1.29 is 6.11 Å². The van der Waals surface area contributed by atoms with Crippen molar-refractivity contribution in [2.24, 2.45) is 0 Å². The molecule has 0 N–H and O–H groups in total. The molecule has 0 aromatic rings. The van der Waals surface area contributed by atoms with Crippen molar-refractivity contribution >= 4 is 0 Å². The van der Waals surface area contributed by atoms with Gasteiger partial charge >= 0.3 is 0 Å². The molecular formula is C6H10O. The third-order valence-corrected chi connectivity index (χ3v) is 0.811. The Morgan fingerprint density at radius 1 is 1.86 bits per heavy atom. The average Bonchev–Trinajstić information content (AvgIpc) is 1.67. The number of ether oxygens (including phenoxy) is 1. The molecule has 0 radical (unpaired) electrons. The first-order valence-corrected chi connectivity index (χ1v) is 2.11. The predicted octanol–water partition coefficient (Wildman–Crippen LogP) is 1.04. The van der Waals surface area contributed by atoms with E-state index in [1.807, 2.05) is 20.2 Å². The van der Waals surface area contributed by atoms with Crippen LogP contribution >= 0.6 is 0 Å². The SMILES string of the molecule is [2H]C#CC(C)(C)OC. The third kappa shape index (κ3) is 2.24. The molecule has 0 aromatic carbocycles. The summed E-state index contributed by atoms with van der Waals surface area (Å²) in [7, 11) is 1.57. The lowest BCUT2D eigenvalue weighted by atomic mass is 10.2. The molecule has 0 fully saturated rings. The van der Waals surface area contributed by atoms with Crippen LogP contribution in [0.15, 0.2) is 0 Å². The van der Waals surface area contributed by atoms with Gasteiger partial charge in [0.2, 0.25) is 0 Å². The highest BCUT2D eigenvalue weighted by Crippen LogP contribution is 2.02. The Hall–Kier alpha value is -0.480. The highest BCUT2D eigenvalue weighted by atomic mass is 16.5. The van der Waals surface area contributed by atoms with Crippen molar-refractivity contribution in [3.05, 3.63) is 0 Å². The van der Waals surface area contributed by atoms with E-state index in [-0.39, 0.29) is 0 Å². The van der Waals surface area contributed by atoms with Crippen LogP contribution in [0.5, 0.6) is 0 Å². The van der Waals surface area contributed by atoms with Crippen molar-refractivity contribution in [1.82, 2.24) is 0 Å². The van der Waals surface area contributed by atoms with Gasteiger partial charge in [-0.25, -0.2) is 0 Å². The molecule has 0 amide bonds. The summed E-state index contributed by atoms with van der Waals surface area (Å²) < 4.78 is 11.4. The zero-order valence-electron chi connectivity index (χ0n) is 5.91. The summed E-state index contributed by atoms with van der Waals surface area (Å²) in [5.41, 5.74) is -0.457. The third-order valence-electron chi connectivity index (χ3n) is 0.811. The van der Waals surface area contributed by atoms with Gasteiger partial charge in [-0.3, -0.25) is 0 Å². The maximum absolute atomic E-state index is 6.52. The quantitative estimate of drug-likeness (QED) is 0.446. The molecule has 0 aromatic heterocycles. The molecule has 0 heterocycles. The van der Waals surface area contributed by atoms with E-state index < -0.39 is 5.60 Å². The summed E-state index contributed by atoms with van der Waals surface area (Å²) in [6, 6.07) is 0. The van der Waals surface area contributed by atoms with Crippen LogP contribution in [0.4, 0.5) is 0 Å². The maximum Gasteiger partial charge on any atom is 0.124 e. The minimum absolute atomic E-state index is 0.457. The molecule has 0 spiro atoms. The molecule has 0 atom stereocenters. The van der Waals surface area contributed by atoms with Crippen LogP contribution in [-0.4, -0.2) is 12.7 Å². The summed E-state index contributed by atoms with van der Waals surface area (Å²) in [5, 5.41) is 0. The van der Waals surface area contributed by atoms with E-state index in [0.717, 1.165) is 0 Å². The summed E-state index contributed by atoms with van der Waals surface area (Å²) in [6.07, 6.45) is 2.03. The van der Waals surface area contributed by atoms with Gasteiger partial charge < -0.3 is 4.74 Å². The number of terminal acetylenes is 1. The van der Waals surface area contributed by atoms with Gasteiger partial charge in [0, 0.05) is 7.11 Å². The Bertz CT molecular complexity index is 118. The molecule has 40 valence electrons. The van der Waals surface area contributed by atoms with E-state index in [2.05, 4.69) is 5.92 Å². The Balaban J connectivity index is 3.85. The highest BCUT2D eigenvalue weighted by molar-refractivity contribution is 5.02. The van der Waals surface area contributed by atoms with E-state index in [0.29, 0.717) is 0 Å². The van der Waals surface area contributed by atoms with Crippen molar-refractivity contribution in [2.75, 3.05) is 7.11 Å². The Morgan fingerprint density at radius 2 is 2.43 bits per heavy atom. The standard InChI is InChI=1S/C6H10O/c1-5-6(2,3)7-4/h1H,2-4H3/i1D. The first-order valence-electron chi connectivity index (χ1n) is 2.61. The van der Waals surface area contributed by atoms with E-state index in [4.69, 9.17) is 6.11 Å². The minimum Gasteiger partial charge on any atom is -0.366 e. The van der Waals surface area contributed by atoms with Crippen molar-refractivity contribution in [3.8, 4) is 12.3 Å². The molecular weight excluding hydrogens is 88.1 g/mol. The van der Waals surface area contributed by atoms with Gasteiger partial charge in [0.25, 0.3) is 0 Å². The van der Waals surface area contributed by atoms with Gasteiger partial charge in [0.05, 0.1) is 0 Å². The molecule has 0 bridgehead atoms. The van der Waals surface area contributed by atoms with Crippen LogP contribution in [0.2, 0.25) is 0 Å². The number of methoxy groups -OCH3 is 1. The van der Waals surface area contributed by atoms with Crippen LogP contribution in [-0.2, 0) is 4.74 Å². The second-order valence-electron chi connectivity index (χ2n) is 1.84. The smallest absolute Gasteiger partial charge is 0.124 e. The van der Waals surface area contributed by atoms with Crippen LogP contribution in [0, 0.1) is 12.3 Å². The Kier molecular flexibility index (Phi) is 1.33. The Morgan fingerprint density at radius 3 is 2.57 bits per heavy atom. The molecule has 0 saturated carbocycles. The lowest BCUT2D eigenvalue weighted by molar-refractivity contribution is 0.0743. The minimum atomic E-state index is -0.457. The molecule has 0 aliphatic carbocycles. The first-order chi connectivity index (χ1) is 3.62. The topological polar surface area (TPSA) is 9.23 Å². The fraction of sp³-hybridized carbons (Fsp3) is 0.667. The van der Waals surface area contributed by atoms with E-state index in [9.17, 15) is 0 Å². The highest BCUT2D eigenvalue weighted by Gasteiger charge is 2.08. The molecule has 0 unspecified atom stereocenters. The van der Waals surface area contributed by atoms with E-state index >= 15 is 0 Å². The van der Waals surface area contributed by atoms with Gasteiger partial charge in [-0.1, -0.05) is 5.92 Å². The fourth-order valence-electron chi connectivity index (χ4n) is 0.0510. The molecule has 0 rings (SSSR count). The van der Waals surface area contributed by atoms with Gasteiger partial charge in [-0.05, 0) is 13.8 Å². The monoisotopic (exact) mass is 99.1 g/mol. The molecule has 1 heteroatoms. The van der Waals surface area contributed by atoms with Crippen molar-refractivity contribution in [1.29, 1.82) is 0 Å². The fourth-order valence-corrected chi connectivity index (χ4v) is 0.0510. The zero-order valence-corrected chi connectivity index (χ0v) is 4.91. The van der Waals surface area contributed by atoms with Crippen molar-refractivity contribution in [2.45, 2.75) is 19.4 Å². The normalized spacial score (nSPS) is 11.6. The number of hydrogen-bond acceptors (Lipinski definition) is 1. The van der Waals surface area contributed by atoms with E-state index in [1.54, 1.807) is 7.11 Å². The number of hydrogen-bond donors (Lipinski definition) is 0. The maximum atomic E-state index is 6.52. The largest absolute Gasteiger partial charge is 0.366 e. The van der Waals surface area contributed by atoms with Gasteiger partial charge in [0.15, 0.2) is 0 Å². The van der Waals surface area contributed by atoms with Gasteiger partial charge in [-0.15, -0.1) is 6.40 Å². The lowest BCUT2D eigenvalue weighted by Crippen LogP contribution is -2.18. The van der Waals surface area contributed by atoms with Crippen LogP contribution in [0.3, 0.4) is 0 Å². The molecule has 7 heavy (non-hydrogen) atoms. The predicted molar refractivity (Wildman–Crippen MR) is 29.9 cm³/mol. The average molecular weight is 99.2 g/mol. The van der Waals surface area contributed by atoms with Gasteiger partial charge in [0.1, 0.15) is 6.97 Å². The first kappa shape index (κ1) is 4.67. The molecule has 1 nitrogen and oxygen atoms in total. The van der Waals surface area contributed by atoms with Crippen LogP contribution in [0.25, 0.3) is 0 Å².